The molecule has 0 aliphatic heterocycles. The molecule has 1 amide bonds. The van der Waals surface area contributed by atoms with Crippen LogP contribution in [0, 0.1) is 4.91 Å². The van der Waals surface area contributed by atoms with Gasteiger partial charge >= 0.3 is 6.09 Å². The summed E-state index contributed by atoms with van der Waals surface area (Å²) in [7, 11) is 4.11. The first-order chi connectivity index (χ1) is 16.5. The number of likely N-dealkylation sites (N-methyl/N-ethyl adjacent to an activating group) is 1. The number of amides is 1. The number of allylic oxidation sites excluding steroid dienone is 1. The number of nitrogens with zero attached hydrogens (tertiary/aromatic N) is 2. The number of carboxylic acid groups (broad SMARTS) is 1. The summed E-state index contributed by atoms with van der Waals surface area (Å²) in [4.78, 5) is 20.2. The predicted octanol–water partition coefficient (Wildman–Crippen LogP) is 5.93. The molecule has 0 bridgehead atoms. The van der Waals surface area contributed by atoms with Crippen LogP contribution in [0.1, 0.15) is 30.0 Å². The second-order valence-corrected chi connectivity index (χ2v) is 7.62. The Morgan fingerprint density at radius 1 is 0.882 bits per heavy atom. The van der Waals surface area contributed by atoms with Gasteiger partial charge < -0.3 is 14.7 Å². The van der Waals surface area contributed by atoms with Crippen LogP contribution in [0.4, 0.5) is 4.79 Å². The van der Waals surface area contributed by atoms with Gasteiger partial charge in [0.1, 0.15) is 12.4 Å². The van der Waals surface area contributed by atoms with Crippen LogP contribution < -0.4 is 10.2 Å². The highest BCUT2D eigenvalue weighted by molar-refractivity contribution is 5.98. The Bertz CT molecular complexity index is 1050. The van der Waals surface area contributed by atoms with E-state index in [1.54, 1.807) is 0 Å². The summed E-state index contributed by atoms with van der Waals surface area (Å²) in [6.45, 7) is 3.83. The summed E-state index contributed by atoms with van der Waals surface area (Å²) < 4.78 is 5.87. The average molecular weight is 462 g/mol. The Labute approximate surface area is 200 Å². The fourth-order valence-electron chi connectivity index (χ4n) is 3.39. The third-order valence-electron chi connectivity index (χ3n) is 4.93. The van der Waals surface area contributed by atoms with E-state index in [0.29, 0.717) is 6.61 Å². The van der Waals surface area contributed by atoms with Crippen molar-refractivity contribution in [1.29, 1.82) is 0 Å². The second-order valence-electron chi connectivity index (χ2n) is 7.62. The van der Waals surface area contributed by atoms with Crippen LogP contribution >= 0.6 is 0 Å². The third-order valence-corrected chi connectivity index (χ3v) is 4.93. The summed E-state index contributed by atoms with van der Waals surface area (Å²) in [5, 5.41) is 9.34. The predicted molar refractivity (Wildman–Crippen MR) is 137 cm³/mol. The summed E-state index contributed by atoms with van der Waals surface area (Å²) in [5.74, 6) is 0.913. The number of hydrogen-bond donors (Lipinski definition) is 2. The summed E-state index contributed by atoms with van der Waals surface area (Å²) in [5.41, 5.74) is 7.56. The Morgan fingerprint density at radius 3 is 1.85 bits per heavy atom. The van der Waals surface area contributed by atoms with Gasteiger partial charge in [0, 0.05) is 6.54 Å². The molecule has 7 nitrogen and oxygen atoms in total. The van der Waals surface area contributed by atoms with Crippen molar-refractivity contribution in [3.63, 3.8) is 0 Å². The van der Waals surface area contributed by atoms with Crippen molar-refractivity contribution < 1.29 is 14.6 Å². The Kier molecular flexibility index (Phi) is 11.0. The number of benzene rings is 3. The van der Waals surface area contributed by atoms with E-state index in [2.05, 4.69) is 111 Å². The molecular formula is C27H31N3O4. The second kappa shape index (κ2) is 14.2. The van der Waals surface area contributed by atoms with Crippen LogP contribution in [-0.4, -0.2) is 43.3 Å². The number of ether oxygens (including phenoxy) is 1. The number of rotatable bonds is 9. The molecule has 0 aromatic heterocycles. The molecule has 2 N–H and O–H groups in total. The van der Waals surface area contributed by atoms with E-state index in [1.807, 2.05) is 5.29 Å². The van der Waals surface area contributed by atoms with Crippen molar-refractivity contribution in [3.8, 4) is 5.75 Å². The SMILES string of the molecule is CC/C(=C(\c1ccccc1)c1ccc(OCCN(C)C)cc1)c1ccccc1.O=NNC(=O)O. The van der Waals surface area contributed by atoms with Crippen molar-refractivity contribution in [1.82, 2.24) is 10.3 Å². The molecule has 3 aromatic carbocycles. The zero-order chi connectivity index (χ0) is 24.8. The first-order valence-electron chi connectivity index (χ1n) is 11.0. The maximum atomic E-state index is 9.19. The van der Waals surface area contributed by atoms with E-state index < -0.39 is 6.09 Å². The molecule has 0 spiro atoms. The van der Waals surface area contributed by atoms with Gasteiger partial charge in [-0.05, 0) is 60.5 Å². The zero-order valence-electron chi connectivity index (χ0n) is 19.8. The van der Waals surface area contributed by atoms with E-state index >= 15 is 0 Å². The van der Waals surface area contributed by atoms with Crippen LogP contribution in [-0.2, 0) is 0 Å². The van der Waals surface area contributed by atoms with Crippen LogP contribution in [0.15, 0.2) is 90.2 Å². The zero-order valence-corrected chi connectivity index (χ0v) is 19.8. The molecule has 3 rings (SSSR count). The van der Waals surface area contributed by atoms with Gasteiger partial charge in [0.15, 0.2) is 0 Å². The summed E-state index contributed by atoms with van der Waals surface area (Å²) in [6, 6.07) is 29.8. The minimum absolute atomic E-state index is 0.692. The van der Waals surface area contributed by atoms with Crippen molar-refractivity contribution in [2.24, 2.45) is 5.29 Å². The quantitative estimate of drug-likeness (QED) is 0.234. The van der Waals surface area contributed by atoms with E-state index in [4.69, 9.17) is 14.8 Å². The Hall–Kier alpha value is -3.97. The molecule has 0 unspecified atom stereocenters. The third kappa shape index (κ3) is 8.52. The largest absolute Gasteiger partial charge is 0.492 e. The van der Waals surface area contributed by atoms with Crippen molar-refractivity contribution >= 4 is 17.2 Å². The Morgan fingerprint density at radius 2 is 1.41 bits per heavy atom. The highest BCUT2D eigenvalue weighted by Crippen LogP contribution is 2.34. The minimum atomic E-state index is -1.44. The molecule has 178 valence electrons. The molecule has 0 atom stereocenters. The van der Waals surface area contributed by atoms with Gasteiger partial charge in [-0.3, -0.25) is 0 Å². The van der Waals surface area contributed by atoms with E-state index in [-0.39, 0.29) is 0 Å². The molecule has 0 aliphatic rings. The van der Waals surface area contributed by atoms with E-state index in [1.165, 1.54) is 33.3 Å². The van der Waals surface area contributed by atoms with Gasteiger partial charge in [-0.25, -0.2) is 4.79 Å². The van der Waals surface area contributed by atoms with Crippen molar-refractivity contribution in [2.75, 3.05) is 27.2 Å². The fourth-order valence-corrected chi connectivity index (χ4v) is 3.39. The van der Waals surface area contributed by atoms with Crippen LogP contribution in [0.25, 0.3) is 11.1 Å². The van der Waals surface area contributed by atoms with Gasteiger partial charge in [-0.2, -0.15) is 5.43 Å². The number of nitrogens with one attached hydrogen (secondary N) is 1. The number of carbonyl (C=O) groups is 1. The molecule has 0 aliphatic carbocycles. The Balaban J connectivity index is 0.000000604. The molecule has 0 saturated heterocycles. The van der Waals surface area contributed by atoms with Crippen LogP contribution in [0.3, 0.4) is 0 Å². The molecule has 0 radical (unpaired) electrons. The first-order valence-corrected chi connectivity index (χ1v) is 11.0. The van der Waals surface area contributed by atoms with Gasteiger partial charge in [-0.1, -0.05) is 79.7 Å². The lowest BCUT2D eigenvalue weighted by molar-refractivity contribution is 0.195. The standard InChI is InChI=1S/C26H29NO.CH2N2O3/c1-4-25(21-11-7-5-8-12-21)26(22-13-9-6-10-14-22)23-15-17-24(18-16-23)28-20-19-27(2)3;4-1(5)2-3-6/h5-18H,4,19-20H2,1-3H3;(H,2,6)(H,4,5)/b26-25-;. The normalized spacial score (nSPS) is 11.1. The lowest BCUT2D eigenvalue weighted by Gasteiger charge is -2.17. The first kappa shape index (κ1) is 26.3. The maximum Gasteiger partial charge on any atom is 0.427 e. The summed E-state index contributed by atoms with van der Waals surface area (Å²) >= 11 is 0. The molecule has 0 saturated carbocycles. The average Bonchev–Trinajstić information content (AvgIpc) is 2.84. The van der Waals surface area contributed by atoms with E-state index in [0.717, 1.165) is 18.7 Å². The minimum Gasteiger partial charge on any atom is -0.492 e. The van der Waals surface area contributed by atoms with Crippen molar-refractivity contribution in [2.45, 2.75) is 13.3 Å². The molecule has 3 aromatic rings. The summed E-state index contributed by atoms with van der Waals surface area (Å²) in [6.07, 6.45) is -0.472. The smallest absolute Gasteiger partial charge is 0.427 e. The van der Waals surface area contributed by atoms with Crippen LogP contribution in [0.5, 0.6) is 5.75 Å². The molecule has 34 heavy (non-hydrogen) atoms. The highest BCUT2D eigenvalue weighted by atomic mass is 16.5. The van der Waals surface area contributed by atoms with Gasteiger partial charge in [0.25, 0.3) is 0 Å². The molecule has 0 heterocycles. The topological polar surface area (TPSA) is 91.2 Å². The van der Waals surface area contributed by atoms with Crippen molar-refractivity contribution in [3.05, 3.63) is 107 Å². The highest BCUT2D eigenvalue weighted by Gasteiger charge is 2.13. The van der Waals surface area contributed by atoms with Crippen LogP contribution in [0.2, 0.25) is 0 Å². The van der Waals surface area contributed by atoms with Gasteiger partial charge in [0.2, 0.25) is 0 Å². The lowest BCUT2D eigenvalue weighted by Crippen LogP contribution is -2.19. The van der Waals surface area contributed by atoms with Gasteiger partial charge in [-0.15, -0.1) is 4.91 Å². The number of hydrogen-bond acceptors (Lipinski definition) is 5. The monoisotopic (exact) mass is 461 g/mol. The lowest BCUT2D eigenvalue weighted by atomic mass is 9.88. The molecule has 0 fully saturated rings. The van der Waals surface area contributed by atoms with E-state index in [9.17, 15) is 4.79 Å². The van der Waals surface area contributed by atoms with Gasteiger partial charge in [0.05, 0.1) is 5.29 Å². The number of nitroso groups, excluding NO2 is 1. The molecular weight excluding hydrogens is 430 g/mol. The fraction of sp³-hybridized carbons (Fsp3) is 0.222. The maximum absolute atomic E-state index is 9.19. The molecule has 7 heteroatoms.